The van der Waals surface area contributed by atoms with Crippen LogP contribution in [0.25, 0.3) is 0 Å². The van der Waals surface area contributed by atoms with Gasteiger partial charge in [0.05, 0.1) is 10.3 Å². The largest absolute Gasteiger partial charge is 0.480 e. The van der Waals surface area contributed by atoms with E-state index in [1.165, 1.54) is 20.8 Å². The highest BCUT2D eigenvalue weighted by atomic mass is 32.2. The first-order chi connectivity index (χ1) is 11.6. The molecule has 0 fully saturated rings. The molecule has 6 nitrogen and oxygen atoms in total. The van der Waals surface area contributed by atoms with Gasteiger partial charge in [0.15, 0.2) is 9.84 Å². The molecule has 1 rings (SSSR count). The molecule has 0 aliphatic carbocycles. The molecule has 146 valence electrons. The summed E-state index contributed by atoms with van der Waals surface area (Å²) in [5.74, 6) is -3.18. The third-order valence-electron chi connectivity index (χ3n) is 3.58. The highest BCUT2D eigenvalue weighted by Crippen LogP contribution is 2.29. The number of alkyl halides is 3. The third kappa shape index (κ3) is 6.01. The summed E-state index contributed by atoms with van der Waals surface area (Å²) in [7, 11) is -3.83. The standard InChI is InChI=1S/C16H20F3NO5S/c1-15(2,3)26(24,25)10-13(21)20(9-14(22)23)8-11-4-6-12(7-5-11)16(17,18)19/h4-7H,8-10H2,1-3H3,(H,22,23). The molecule has 1 N–H and O–H groups in total. The van der Waals surface area contributed by atoms with Gasteiger partial charge in [0.1, 0.15) is 12.3 Å². The molecule has 26 heavy (non-hydrogen) atoms. The highest BCUT2D eigenvalue weighted by molar-refractivity contribution is 7.93. The highest BCUT2D eigenvalue weighted by Gasteiger charge is 2.33. The molecule has 1 aromatic carbocycles. The van der Waals surface area contributed by atoms with E-state index in [4.69, 9.17) is 5.11 Å². The SMILES string of the molecule is CC(C)(C)S(=O)(=O)CC(=O)N(CC(=O)O)Cc1ccc(C(F)(F)F)cc1. The average molecular weight is 395 g/mol. The van der Waals surface area contributed by atoms with E-state index in [9.17, 15) is 31.2 Å². The van der Waals surface area contributed by atoms with Gasteiger partial charge in [-0.05, 0) is 38.5 Å². The number of rotatable bonds is 6. The van der Waals surface area contributed by atoms with Gasteiger partial charge in [-0.1, -0.05) is 12.1 Å². The van der Waals surface area contributed by atoms with Gasteiger partial charge in [-0.3, -0.25) is 9.59 Å². The molecule has 10 heteroatoms. The lowest BCUT2D eigenvalue weighted by Crippen LogP contribution is -2.42. The van der Waals surface area contributed by atoms with Crippen molar-refractivity contribution < 1.29 is 36.3 Å². The van der Waals surface area contributed by atoms with E-state index in [0.717, 1.165) is 29.2 Å². The zero-order valence-electron chi connectivity index (χ0n) is 14.5. The minimum Gasteiger partial charge on any atom is -0.480 e. The first kappa shape index (κ1) is 21.9. The Morgan fingerprint density at radius 3 is 1.96 bits per heavy atom. The first-order valence-electron chi connectivity index (χ1n) is 7.51. The second-order valence-electron chi connectivity index (χ2n) is 6.71. The summed E-state index contributed by atoms with van der Waals surface area (Å²) in [4.78, 5) is 24.0. The van der Waals surface area contributed by atoms with Crippen molar-refractivity contribution in [1.82, 2.24) is 4.90 Å². The summed E-state index contributed by atoms with van der Waals surface area (Å²) < 4.78 is 60.8. The van der Waals surface area contributed by atoms with Crippen LogP contribution in [0, 0.1) is 0 Å². The molecule has 0 unspecified atom stereocenters. The Hall–Kier alpha value is -2.10. The maximum Gasteiger partial charge on any atom is 0.416 e. The number of amides is 1. The monoisotopic (exact) mass is 395 g/mol. The van der Waals surface area contributed by atoms with Crippen LogP contribution in [-0.4, -0.2) is 47.3 Å². The van der Waals surface area contributed by atoms with Gasteiger partial charge >= 0.3 is 12.1 Å². The number of benzene rings is 1. The van der Waals surface area contributed by atoms with E-state index < -0.39 is 50.5 Å². The molecule has 0 saturated carbocycles. The molecule has 0 aliphatic heterocycles. The van der Waals surface area contributed by atoms with Crippen LogP contribution in [0.15, 0.2) is 24.3 Å². The predicted octanol–water partition coefficient (Wildman–Crippen LogP) is 2.33. The Morgan fingerprint density at radius 2 is 1.58 bits per heavy atom. The second kappa shape index (κ2) is 7.65. The van der Waals surface area contributed by atoms with E-state index in [0.29, 0.717) is 0 Å². The molecule has 0 aliphatic rings. The zero-order valence-corrected chi connectivity index (χ0v) is 15.3. The number of sulfone groups is 1. The maximum absolute atomic E-state index is 12.6. The van der Waals surface area contributed by atoms with Crippen LogP contribution >= 0.6 is 0 Å². The van der Waals surface area contributed by atoms with E-state index in [1.54, 1.807) is 0 Å². The van der Waals surface area contributed by atoms with Gasteiger partial charge in [-0.25, -0.2) is 8.42 Å². The Balaban J connectivity index is 3.01. The molecule has 0 atom stereocenters. The molecule has 1 amide bonds. The van der Waals surface area contributed by atoms with Crippen LogP contribution in [0.4, 0.5) is 13.2 Å². The van der Waals surface area contributed by atoms with Gasteiger partial charge in [-0.2, -0.15) is 13.2 Å². The Kier molecular flexibility index (Phi) is 6.45. The smallest absolute Gasteiger partial charge is 0.416 e. The fourth-order valence-electron chi connectivity index (χ4n) is 1.89. The van der Waals surface area contributed by atoms with Gasteiger partial charge in [0.25, 0.3) is 0 Å². The maximum atomic E-state index is 12.6. The molecule has 0 saturated heterocycles. The molecular weight excluding hydrogens is 375 g/mol. The van der Waals surface area contributed by atoms with Crippen LogP contribution in [0.2, 0.25) is 0 Å². The zero-order chi connectivity index (χ0) is 20.3. The van der Waals surface area contributed by atoms with Gasteiger partial charge in [0, 0.05) is 6.54 Å². The third-order valence-corrected chi connectivity index (χ3v) is 6.07. The minimum atomic E-state index is -4.52. The van der Waals surface area contributed by atoms with Gasteiger partial charge in [-0.15, -0.1) is 0 Å². The van der Waals surface area contributed by atoms with Crippen molar-refractivity contribution in [2.45, 2.75) is 38.2 Å². The van der Waals surface area contributed by atoms with E-state index in [1.807, 2.05) is 0 Å². The molecular formula is C16H20F3NO5S. The molecule has 0 spiro atoms. The van der Waals surface area contributed by atoms with Gasteiger partial charge < -0.3 is 10.0 Å². The topological polar surface area (TPSA) is 91.8 Å². The van der Waals surface area contributed by atoms with Crippen LogP contribution in [0.1, 0.15) is 31.9 Å². The normalized spacial score (nSPS) is 12.7. The number of carbonyl (C=O) groups excluding carboxylic acids is 1. The number of carboxylic acids is 1. The lowest BCUT2D eigenvalue weighted by Gasteiger charge is -2.24. The molecule has 0 heterocycles. The van der Waals surface area contributed by atoms with Crippen LogP contribution in [0.5, 0.6) is 0 Å². The number of carbonyl (C=O) groups is 2. The van der Waals surface area contributed by atoms with Crippen molar-refractivity contribution in [2.75, 3.05) is 12.3 Å². The Labute approximate surface area is 149 Å². The van der Waals surface area contributed by atoms with E-state index in [2.05, 4.69) is 0 Å². The lowest BCUT2D eigenvalue weighted by atomic mass is 10.1. The van der Waals surface area contributed by atoms with E-state index >= 15 is 0 Å². The number of aliphatic carboxylic acids is 1. The summed E-state index contributed by atoms with van der Waals surface area (Å²) in [6.07, 6.45) is -4.52. The van der Waals surface area contributed by atoms with Crippen LogP contribution in [-0.2, 0) is 32.1 Å². The Bertz CT molecular complexity index is 765. The number of halogens is 3. The summed E-state index contributed by atoms with van der Waals surface area (Å²) in [5.41, 5.74) is -0.631. The first-order valence-corrected chi connectivity index (χ1v) is 9.17. The van der Waals surface area contributed by atoms with E-state index in [-0.39, 0.29) is 12.1 Å². The van der Waals surface area contributed by atoms with Crippen molar-refractivity contribution in [1.29, 1.82) is 0 Å². The number of nitrogens with zero attached hydrogens (tertiary/aromatic N) is 1. The molecule has 1 aromatic rings. The van der Waals surface area contributed by atoms with Crippen molar-refractivity contribution in [3.63, 3.8) is 0 Å². The minimum absolute atomic E-state index is 0.251. The quantitative estimate of drug-likeness (QED) is 0.798. The predicted molar refractivity (Wildman–Crippen MR) is 88.0 cm³/mol. The van der Waals surface area contributed by atoms with Gasteiger partial charge in [0.2, 0.25) is 5.91 Å². The van der Waals surface area contributed by atoms with Crippen molar-refractivity contribution in [2.24, 2.45) is 0 Å². The van der Waals surface area contributed by atoms with Crippen molar-refractivity contribution in [3.8, 4) is 0 Å². The van der Waals surface area contributed by atoms with Crippen LogP contribution in [0.3, 0.4) is 0 Å². The molecule has 0 radical (unpaired) electrons. The average Bonchev–Trinajstić information content (AvgIpc) is 2.44. The lowest BCUT2D eigenvalue weighted by molar-refractivity contribution is -0.143. The van der Waals surface area contributed by atoms with Crippen molar-refractivity contribution >= 4 is 21.7 Å². The number of hydrogen-bond acceptors (Lipinski definition) is 4. The Morgan fingerprint density at radius 1 is 1.08 bits per heavy atom. The number of carboxylic acid groups (broad SMARTS) is 1. The number of hydrogen-bond donors (Lipinski definition) is 1. The van der Waals surface area contributed by atoms with Crippen molar-refractivity contribution in [3.05, 3.63) is 35.4 Å². The summed E-state index contributed by atoms with van der Waals surface area (Å²) >= 11 is 0. The fourth-order valence-corrected chi connectivity index (χ4v) is 2.83. The molecule has 0 bridgehead atoms. The van der Waals surface area contributed by atoms with Crippen LogP contribution < -0.4 is 0 Å². The fraction of sp³-hybridized carbons (Fsp3) is 0.500. The second-order valence-corrected chi connectivity index (χ2v) is 9.45. The molecule has 0 aromatic heterocycles. The summed E-state index contributed by atoms with van der Waals surface area (Å²) in [6.45, 7) is 3.15. The summed E-state index contributed by atoms with van der Waals surface area (Å²) in [6, 6.07) is 3.85. The summed E-state index contributed by atoms with van der Waals surface area (Å²) in [5, 5.41) is 8.93.